The highest BCUT2D eigenvalue weighted by atomic mass is 16.3. The predicted molar refractivity (Wildman–Crippen MR) is 73.4 cm³/mol. The van der Waals surface area contributed by atoms with E-state index in [0.717, 1.165) is 19.3 Å². The summed E-state index contributed by atoms with van der Waals surface area (Å²) in [5.41, 5.74) is 2.43. The highest BCUT2D eigenvalue weighted by molar-refractivity contribution is 5.76. The van der Waals surface area contributed by atoms with Crippen LogP contribution in [0.5, 0.6) is 0 Å². The number of nitrogens with one attached hydrogen (secondary N) is 1. The van der Waals surface area contributed by atoms with Crippen LogP contribution in [0.2, 0.25) is 0 Å². The average Bonchev–Trinajstić information content (AvgIpc) is 2.34. The molecule has 1 aromatic carbocycles. The van der Waals surface area contributed by atoms with E-state index < -0.39 is 0 Å². The zero-order valence-electron chi connectivity index (χ0n) is 11.3. The highest BCUT2D eigenvalue weighted by Gasteiger charge is 2.02. The Bertz CT molecular complexity index is 357. The van der Waals surface area contributed by atoms with Crippen molar-refractivity contribution in [1.29, 1.82) is 0 Å². The third-order valence-corrected chi connectivity index (χ3v) is 2.88. The van der Waals surface area contributed by atoms with Gasteiger partial charge in [-0.3, -0.25) is 4.79 Å². The Balaban J connectivity index is 2.15. The Morgan fingerprint density at radius 2 is 2.00 bits per heavy atom. The van der Waals surface area contributed by atoms with Crippen molar-refractivity contribution in [2.45, 2.75) is 45.6 Å². The van der Waals surface area contributed by atoms with E-state index in [0.29, 0.717) is 13.0 Å². The molecule has 3 heteroatoms. The molecule has 1 aromatic rings. The molecule has 2 N–H and O–H groups in total. The fraction of sp³-hybridized carbons (Fsp3) is 0.533. The van der Waals surface area contributed by atoms with E-state index in [1.54, 1.807) is 6.92 Å². The SMILES string of the molecule is Cc1ccc(CCC(=O)NCCCC(C)O)cc1. The largest absolute Gasteiger partial charge is 0.393 e. The quantitative estimate of drug-likeness (QED) is 0.728. The number of benzene rings is 1. The van der Waals surface area contributed by atoms with E-state index >= 15 is 0 Å². The first-order valence-corrected chi connectivity index (χ1v) is 6.58. The third-order valence-electron chi connectivity index (χ3n) is 2.88. The molecular formula is C15H23NO2. The molecular weight excluding hydrogens is 226 g/mol. The minimum Gasteiger partial charge on any atom is -0.393 e. The van der Waals surface area contributed by atoms with Crippen LogP contribution in [0, 0.1) is 6.92 Å². The Morgan fingerprint density at radius 3 is 2.61 bits per heavy atom. The first-order chi connectivity index (χ1) is 8.58. The van der Waals surface area contributed by atoms with Gasteiger partial charge in [-0.15, -0.1) is 0 Å². The topological polar surface area (TPSA) is 49.3 Å². The lowest BCUT2D eigenvalue weighted by molar-refractivity contribution is -0.121. The Labute approximate surface area is 109 Å². The van der Waals surface area contributed by atoms with Gasteiger partial charge >= 0.3 is 0 Å². The zero-order chi connectivity index (χ0) is 13.4. The first-order valence-electron chi connectivity index (χ1n) is 6.58. The van der Waals surface area contributed by atoms with Crippen LogP contribution < -0.4 is 5.32 Å². The van der Waals surface area contributed by atoms with E-state index in [9.17, 15) is 4.79 Å². The van der Waals surface area contributed by atoms with Crippen molar-refractivity contribution >= 4 is 5.91 Å². The molecule has 1 unspecified atom stereocenters. The number of carbonyl (C=O) groups is 1. The summed E-state index contributed by atoms with van der Waals surface area (Å²) in [6.45, 7) is 4.47. The second kappa shape index (κ2) is 7.88. The van der Waals surface area contributed by atoms with Gasteiger partial charge in [0.2, 0.25) is 5.91 Å². The summed E-state index contributed by atoms with van der Waals surface area (Å²) in [6, 6.07) is 8.26. The number of rotatable bonds is 7. The van der Waals surface area contributed by atoms with Crippen LogP contribution >= 0.6 is 0 Å². The Hall–Kier alpha value is -1.35. The molecule has 0 aromatic heterocycles. The van der Waals surface area contributed by atoms with E-state index in [4.69, 9.17) is 5.11 Å². The van der Waals surface area contributed by atoms with E-state index in [1.807, 2.05) is 0 Å². The van der Waals surface area contributed by atoms with Crippen molar-refractivity contribution in [2.75, 3.05) is 6.54 Å². The summed E-state index contributed by atoms with van der Waals surface area (Å²) in [5.74, 6) is 0.0844. The lowest BCUT2D eigenvalue weighted by atomic mass is 10.1. The maximum absolute atomic E-state index is 11.6. The second-order valence-electron chi connectivity index (χ2n) is 4.83. The number of aliphatic hydroxyl groups excluding tert-OH is 1. The number of hydrogen-bond acceptors (Lipinski definition) is 2. The molecule has 0 saturated carbocycles. The number of amides is 1. The normalized spacial score (nSPS) is 12.2. The van der Waals surface area contributed by atoms with Gasteiger partial charge in [0.1, 0.15) is 0 Å². The molecule has 3 nitrogen and oxygen atoms in total. The molecule has 0 heterocycles. The Kier molecular flexibility index (Phi) is 6.44. The lowest BCUT2D eigenvalue weighted by Gasteiger charge is -2.06. The molecule has 1 atom stereocenters. The van der Waals surface area contributed by atoms with Crippen molar-refractivity contribution in [3.8, 4) is 0 Å². The minimum absolute atomic E-state index is 0.0844. The van der Waals surface area contributed by atoms with Crippen molar-refractivity contribution in [1.82, 2.24) is 5.32 Å². The molecule has 0 radical (unpaired) electrons. The molecule has 0 fully saturated rings. The summed E-state index contributed by atoms with van der Waals surface area (Å²) >= 11 is 0. The van der Waals surface area contributed by atoms with Crippen molar-refractivity contribution in [2.24, 2.45) is 0 Å². The monoisotopic (exact) mass is 249 g/mol. The van der Waals surface area contributed by atoms with Gasteiger partial charge < -0.3 is 10.4 Å². The van der Waals surface area contributed by atoms with Gasteiger partial charge in [0.05, 0.1) is 6.10 Å². The maximum atomic E-state index is 11.6. The van der Waals surface area contributed by atoms with E-state index in [1.165, 1.54) is 11.1 Å². The highest BCUT2D eigenvalue weighted by Crippen LogP contribution is 2.05. The molecule has 0 aliphatic carbocycles. The van der Waals surface area contributed by atoms with Gasteiger partial charge in [0.15, 0.2) is 0 Å². The van der Waals surface area contributed by atoms with Crippen LogP contribution in [0.1, 0.15) is 37.3 Å². The van der Waals surface area contributed by atoms with Gasteiger partial charge in [-0.1, -0.05) is 29.8 Å². The molecule has 0 aliphatic rings. The molecule has 100 valence electrons. The zero-order valence-corrected chi connectivity index (χ0v) is 11.3. The maximum Gasteiger partial charge on any atom is 0.220 e. The van der Waals surface area contributed by atoms with Crippen molar-refractivity contribution in [3.63, 3.8) is 0 Å². The summed E-state index contributed by atoms with van der Waals surface area (Å²) < 4.78 is 0. The second-order valence-corrected chi connectivity index (χ2v) is 4.83. The van der Waals surface area contributed by atoms with Crippen LogP contribution in [-0.2, 0) is 11.2 Å². The number of aliphatic hydroxyl groups is 1. The van der Waals surface area contributed by atoms with Crippen LogP contribution in [-0.4, -0.2) is 23.7 Å². The van der Waals surface area contributed by atoms with Crippen LogP contribution in [0.25, 0.3) is 0 Å². The van der Waals surface area contributed by atoms with Gasteiger partial charge in [-0.25, -0.2) is 0 Å². The summed E-state index contributed by atoms with van der Waals surface area (Å²) in [4.78, 5) is 11.6. The predicted octanol–water partition coefficient (Wildman–Crippen LogP) is 2.20. The fourth-order valence-corrected chi connectivity index (χ4v) is 1.73. The van der Waals surface area contributed by atoms with E-state index in [2.05, 4.69) is 36.5 Å². The molecule has 0 spiro atoms. The van der Waals surface area contributed by atoms with Crippen molar-refractivity contribution in [3.05, 3.63) is 35.4 Å². The molecule has 0 bridgehead atoms. The summed E-state index contributed by atoms with van der Waals surface area (Å²) in [6.07, 6.45) is 2.58. The summed E-state index contributed by atoms with van der Waals surface area (Å²) in [7, 11) is 0. The smallest absolute Gasteiger partial charge is 0.220 e. The first kappa shape index (κ1) is 14.7. The molecule has 18 heavy (non-hydrogen) atoms. The summed E-state index contributed by atoms with van der Waals surface area (Å²) in [5, 5.41) is 11.9. The standard InChI is InChI=1S/C15H23NO2/c1-12-5-7-14(8-6-12)9-10-15(18)16-11-3-4-13(2)17/h5-8,13,17H,3-4,9-11H2,1-2H3,(H,16,18). The molecule has 1 rings (SSSR count). The molecule has 0 aliphatic heterocycles. The Morgan fingerprint density at radius 1 is 1.33 bits per heavy atom. The fourth-order valence-electron chi connectivity index (χ4n) is 1.73. The van der Waals surface area contributed by atoms with Crippen LogP contribution in [0.3, 0.4) is 0 Å². The minimum atomic E-state index is -0.283. The third kappa shape index (κ3) is 6.40. The van der Waals surface area contributed by atoms with Gasteiger partial charge in [0.25, 0.3) is 0 Å². The number of aryl methyl sites for hydroxylation is 2. The van der Waals surface area contributed by atoms with Crippen molar-refractivity contribution < 1.29 is 9.90 Å². The molecule has 0 saturated heterocycles. The molecule has 1 amide bonds. The van der Waals surface area contributed by atoms with Gasteiger partial charge in [0, 0.05) is 13.0 Å². The van der Waals surface area contributed by atoms with E-state index in [-0.39, 0.29) is 12.0 Å². The van der Waals surface area contributed by atoms with Gasteiger partial charge in [-0.05, 0) is 38.7 Å². The van der Waals surface area contributed by atoms with Crippen LogP contribution in [0.4, 0.5) is 0 Å². The number of carbonyl (C=O) groups excluding carboxylic acids is 1. The average molecular weight is 249 g/mol. The lowest BCUT2D eigenvalue weighted by Crippen LogP contribution is -2.25. The van der Waals surface area contributed by atoms with Gasteiger partial charge in [-0.2, -0.15) is 0 Å². The number of hydrogen-bond donors (Lipinski definition) is 2. The van der Waals surface area contributed by atoms with Crippen LogP contribution in [0.15, 0.2) is 24.3 Å².